The minimum atomic E-state index is -0.451. The van der Waals surface area contributed by atoms with Crippen molar-refractivity contribution in [3.8, 4) is 0 Å². The molecule has 0 bridgehead atoms. The smallest absolute Gasteiger partial charge is 0.274 e. The molecule has 3 rings (SSSR count). The maximum absolute atomic E-state index is 12.5. The van der Waals surface area contributed by atoms with E-state index in [0.717, 1.165) is 5.56 Å². The molecule has 0 radical (unpaired) electrons. The lowest BCUT2D eigenvalue weighted by atomic mass is 10.1. The number of nitrogens with zero attached hydrogens (tertiary/aromatic N) is 3. The molecule has 8 heteroatoms. The zero-order valence-corrected chi connectivity index (χ0v) is 14.1. The van der Waals surface area contributed by atoms with Gasteiger partial charge in [0.05, 0.1) is 0 Å². The number of anilines is 1. The van der Waals surface area contributed by atoms with E-state index >= 15 is 0 Å². The number of nitrogens with one attached hydrogen (secondary N) is 1. The Balaban J connectivity index is 1.87. The molecule has 0 spiro atoms. The summed E-state index contributed by atoms with van der Waals surface area (Å²) >= 11 is 1.23. The number of hydrogen-bond donors (Lipinski definition) is 2. The van der Waals surface area contributed by atoms with Gasteiger partial charge in [-0.15, -0.1) is 10.2 Å². The van der Waals surface area contributed by atoms with Gasteiger partial charge in [0.25, 0.3) is 5.91 Å². The first kappa shape index (κ1) is 16.1. The summed E-state index contributed by atoms with van der Waals surface area (Å²) in [6, 6.07) is 10.7. The fourth-order valence-corrected chi connectivity index (χ4v) is 2.86. The molecule has 0 aliphatic rings. The number of benzene rings is 1. The van der Waals surface area contributed by atoms with E-state index in [1.54, 1.807) is 6.07 Å². The number of nitrogens with two attached hydrogens (primary N) is 1. The molecule has 0 aliphatic heterocycles. The normalized spacial score (nSPS) is 12.3. The standard InChI is InChI=1S/C16H17N5O2S/c1-9(2)12-8-11(21-23-12)14(22)18-13(10-6-4-3-5-7-10)15-19-20-16(17)24-15/h3-9,13H,1-2H3,(H2,17,20)(H,18,22)/t13-/m1/s1. The molecule has 1 aromatic carbocycles. The van der Waals surface area contributed by atoms with E-state index in [1.807, 2.05) is 44.2 Å². The summed E-state index contributed by atoms with van der Waals surface area (Å²) in [5, 5.41) is 15.6. The number of hydrogen-bond acceptors (Lipinski definition) is 7. The molecule has 0 aliphatic carbocycles. The third kappa shape index (κ3) is 3.43. The number of carbonyl (C=O) groups is 1. The van der Waals surface area contributed by atoms with E-state index in [9.17, 15) is 4.79 Å². The molecule has 3 aromatic rings. The highest BCUT2D eigenvalue weighted by Crippen LogP contribution is 2.26. The van der Waals surface area contributed by atoms with Crippen LogP contribution in [0.4, 0.5) is 5.13 Å². The van der Waals surface area contributed by atoms with Crippen molar-refractivity contribution in [3.05, 3.63) is 58.4 Å². The lowest BCUT2D eigenvalue weighted by Gasteiger charge is -2.15. The molecule has 1 atom stereocenters. The van der Waals surface area contributed by atoms with Crippen LogP contribution in [-0.4, -0.2) is 21.3 Å². The Morgan fingerprint density at radius 2 is 2.00 bits per heavy atom. The number of nitrogen functional groups attached to an aromatic ring is 1. The number of aromatic nitrogens is 3. The maximum atomic E-state index is 12.5. The molecule has 2 heterocycles. The predicted molar refractivity (Wildman–Crippen MR) is 90.7 cm³/mol. The highest BCUT2D eigenvalue weighted by molar-refractivity contribution is 7.15. The van der Waals surface area contributed by atoms with Gasteiger partial charge in [-0.2, -0.15) is 0 Å². The Kier molecular flexibility index (Phi) is 4.57. The Morgan fingerprint density at radius 1 is 1.25 bits per heavy atom. The Labute approximate surface area is 142 Å². The van der Waals surface area contributed by atoms with Crippen LogP contribution in [0.1, 0.15) is 52.6 Å². The zero-order valence-electron chi connectivity index (χ0n) is 13.3. The Bertz CT molecular complexity index is 828. The van der Waals surface area contributed by atoms with Crippen molar-refractivity contribution in [2.24, 2.45) is 0 Å². The van der Waals surface area contributed by atoms with E-state index in [1.165, 1.54) is 11.3 Å². The van der Waals surface area contributed by atoms with E-state index in [2.05, 4.69) is 20.7 Å². The minimum Gasteiger partial charge on any atom is -0.374 e. The Hall–Kier alpha value is -2.74. The fraction of sp³-hybridized carbons (Fsp3) is 0.250. The third-order valence-corrected chi connectivity index (χ3v) is 4.26. The van der Waals surface area contributed by atoms with E-state index in [-0.39, 0.29) is 17.5 Å². The molecule has 0 fully saturated rings. The van der Waals surface area contributed by atoms with Crippen LogP contribution in [0.15, 0.2) is 40.9 Å². The van der Waals surface area contributed by atoms with Crippen molar-refractivity contribution >= 4 is 22.4 Å². The first-order chi connectivity index (χ1) is 11.5. The lowest BCUT2D eigenvalue weighted by Crippen LogP contribution is -2.29. The van der Waals surface area contributed by atoms with Crippen molar-refractivity contribution in [1.29, 1.82) is 0 Å². The van der Waals surface area contributed by atoms with Crippen LogP contribution in [0, 0.1) is 0 Å². The second-order valence-corrected chi connectivity index (χ2v) is 6.61. The van der Waals surface area contributed by atoms with Crippen LogP contribution >= 0.6 is 11.3 Å². The largest absolute Gasteiger partial charge is 0.374 e. The highest BCUT2D eigenvalue weighted by atomic mass is 32.1. The molecular weight excluding hydrogens is 326 g/mol. The van der Waals surface area contributed by atoms with Crippen LogP contribution in [0.2, 0.25) is 0 Å². The number of rotatable bonds is 5. The van der Waals surface area contributed by atoms with Crippen molar-refractivity contribution in [2.45, 2.75) is 25.8 Å². The van der Waals surface area contributed by atoms with Crippen LogP contribution in [0.25, 0.3) is 0 Å². The zero-order chi connectivity index (χ0) is 17.1. The van der Waals surface area contributed by atoms with Crippen molar-refractivity contribution < 1.29 is 9.32 Å². The van der Waals surface area contributed by atoms with Gasteiger partial charge in [-0.05, 0) is 5.56 Å². The predicted octanol–water partition coefficient (Wildman–Crippen LogP) is 2.75. The van der Waals surface area contributed by atoms with Gasteiger partial charge in [0.1, 0.15) is 16.8 Å². The van der Waals surface area contributed by atoms with E-state index in [0.29, 0.717) is 15.9 Å². The monoisotopic (exact) mass is 343 g/mol. The molecule has 2 aromatic heterocycles. The number of carbonyl (C=O) groups excluding carboxylic acids is 1. The van der Waals surface area contributed by atoms with Crippen molar-refractivity contribution in [1.82, 2.24) is 20.7 Å². The molecule has 3 N–H and O–H groups in total. The molecule has 0 saturated carbocycles. The maximum Gasteiger partial charge on any atom is 0.274 e. The average Bonchev–Trinajstić information content (AvgIpc) is 3.22. The SMILES string of the molecule is CC(C)c1cc(C(=O)N[C@H](c2ccccc2)c2nnc(N)s2)no1. The summed E-state index contributed by atoms with van der Waals surface area (Å²) in [7, 11) is 0. The Morgan fingerprint density at radius 3 is 2.58 bits per heavy atom. The highest BCUT2D eigenvalue weighted by Gasteiger charge is 2.23. The first-order valence-corrected chi connectivity index (χ1v) is 8.27. The van der Waals surface area contributed by atoms with Gasteiger partial charge >= 0.3 is 0 Å². The van der Waals surface area contributed by atoms with E-state index in [4.69, 9.17) is 10.3 Å². The van der Waals surface area contributed by atoms with Crippen LogP contribution < -0.4 is 11.1 Å². The second kappa shape index (κ2) is 6.79. The topological polar surface area (TPSA) is 107 Å². The van der Waals surface area contributed by atoms with Crippen LogP contribution in [0.5, 0.6) is 0 Å². The minimum absolute atomic E-state index is 0.159. The number of amides is 1. The van der Waals surface area contributed by atoms with Gasteiger partial charge in [-0.25, -0.2) is 0 Å². The molecule has 1 amide bonds. The van der Waals surface area contributed by atoms with Crippen LogP contribution in [-0.2, 0) is 0 Å². The molecule has 0 unspecified atom stereocenters. The van der Waals surface area contributed by atoms with Gasteiger partial charge < -0.3 is 15.6 Å². The van der Waals surface area contributed by atoms with Gasteiger partial charge in [-0.1, -0.05) is 60.7 Å². The van der Waals surface area contributed by atoms with Gasteiger partial charge in [0.2, 0.25) is 5.13 Å². The summed E-state index contributed by atoms with van der Waals surface area (Å²) < 4.78 is 5.19. The van der Waals surface area contributed by atoms with E-state index < -0.39 is 6.04 Å². The quantitative estimate of drug-likeness (QED) is 0.737. The third-order valence-electron chi connectivity index (χ3n) is 3.44. The lowest BCUT2D eigenvalue weighted by molar-refractivity contribution is 0.0933. The first-order valence-electron chi connectivity index (χ1n) is 7.46. The fourth-order valence-electron chi connectivity index (χ4n) is 2.17. The summed E-state index contributed by atoms with van der Waals surface area (Å²) in [4.78, 5) is 12.5. The molecular formula is C16H17N5O2S. The molecule has 124 valence electrons. The summed E-state index contributed by atoms with van der Waals surface area (Å²) in [5.41, 5.74) is 6.80. The van der Waals surface area contributed by atoms with Crippen molar-refractivity contribution in [2.75, 3.05) is 5.73 Å². The molecule has 24 heavy (non-hydrogen) atoms. The molecule has 0 saturated heterocycles. The van der Waals surface area contributed by atoms with Gasteiger partial charge in [-0.3, -0.25) is 4.79 Å². The summed E-state index contributed by atoms with van der Waals surface area (Å²) in [6.45, 7) is 3.94. The summed E-state index contributed by atoms with van der Waals surface area (Å²) in [5.74, 6) is 0.483. The van der Waals surface area contributed by atoms with Gasteiger partial charge in [0, 0.05) is 12.0 Å². The van der Waals surface area contributed by atoms with Crippen molar-refractivity contribution in [3.63, 3.8) is 0 Å². The van der Waals surface area contributed by atoms with Crippen LogP contribution in [0.3, 0.4) is 0 Å². The average molecular weight is 343 g/mol. The molecule has 7 nitrogen and oxygen atoms in total. The van der Waals surface area contributed by atoms with Gasteiger partial charge in [0.15, 0.2) is 5.69 Å². The summed E-state index contributed by atoms with van der Waals surface area (Å²) in [6.07, 6.45) is 0. The second-order valence-electron chi connectivity index (χ2n) is 5.56.